The zero-order valence-electron chi connectivity index (χ0n) is 14.3. The van der Waals surface area contributed by atoms with Gasteiger partial charge in [0, 0.05) is 5.02 Å². The minimum Gasteiger partial charge on any atom is -0.456 e. The van der Waals surface area contributed by atoms with E-state index in [0.717, 1.165) is 16.8 Å². The first kappa shape index (κ1) is 17.2. The highest BCUT2D eigenvalue weighted by Gasteiger charge is 2.19. The van der Waals surface area contributed by atoms with Gasteiger partial charge < -0.3 is 4.74 Å². The van der Waals surface area contributed by atoms with Crippen molar-refractivity contribution in [2.45, 2.75) is 27.4 Å². The van der Waals surface area contributed by atoms with E-state index >= 15 is 0 Å². The molecule has 3 aromatic rings. The lowest BCUT2D eigenvalue weighted by Crippen LogP contribution is -2.08. The van der Waals surface area contributed by atoms with Crippen LogP contribution in [0.2, 0.25) is 5.02 Å². The van der Waals surface area contributed by atoms with Crippen molar-refractivity contribution in [3.63, 3.8) is 0 Å². The molecule has 1 aromatic heterocycles. The molecule has 0 saturated heterocycles. The Balaban J connectivity index is 1.78. The van der Waals surface area contributed by atoms with Crippen LogP contribution < -0.4 is 0 Å². The highest BCUT2D eigenvalue weighted by atomic mass is 35.5. The lowest BCUT2D eigenvalue weighted by molar-refractivity contribution is 0.0464. The number of halogens is 1. The summed E-state index contributed by atoms with van der Waals surface area (Å²) in [7, 11) is 0. The van der Waals surface area contributed by atoms with Crippen LogP contribution in [0.1, 0.15) is 32.9 Å². The summed E-state index contributed by atoms with van der Waals surface area (Å²) in [4.78, 5) is 12.3. The Morgan fingerprint density at radius 2 is 1.92 bits per heavy atom. The third-order valence-corrected chi connectivity index (χ3v) is 4.32. The number of hydrogen-bond acceptors (Lipinski definition) is 4. The van der Waals surface area contributed by atoms with Crippen LogP contribution in [-0.4, -0.2) is 21.0 Å². The molecule has 0 saturated carbocycles. The van der Waals surface area contributed by atoms with Crippen molar-refractivity contribution in [2.75, 3.05) is 0 Å². The van der Waals surface area contributed by atoms with Gasteiger partial charge in [-0.15, -0.1) is 5.10 Å². The van der Waals surface area contributed by atoms with Gasteiger partial charge in [0.25, 0.3) is 0 Å². The molecule has 0 unspecified atom stereocenters. The molecule has 6 heteroatoms. The maximum Gasteiger partial charge on any atom is 0.361 e. The maximum atomic E-state index is 12.3. The van der Waals surface area contributed by atoms with E-state index in [2.05, 4.69) is 10.3 Å². The number of carbonyl (C=O) groups is 1. The van der Waals surface area contributed by atoms with Gasteiger partial charge in [-0.2, -0.15) is 0 Å². The van der Waals surface area contributed by atoms with Gasteiger partial charge in [0.05, 0.1) is 11.4 Å². The third kappa shape index (κ3) is 3.72. The van der Waals surface area contributed by atoms with Gasteiger partial charge in [-0.25, -0.2) is 9.48 Å². The summed E-state index contributed by atoms with van der Waals surface area (Å²) >= 11 is 5.93. The maximum absolute atomic E-state index is 12.3. The molecular formula is C19H18ClN3O2. The van der Waals surface area contributed by atoms with Crippen LogP contribution >= 0.6 is 11.6 Å². The first-order valence-electron chi connectivity index (χ1n) is 7.87. The smallest absolute Gasteiger partial charge is 0.361 e. The Bertz CT molecular complexity index is 934. The summed E-state index contributed by atoms with van der Waals surface area (Å²) in [6.07, 6.45) is 0. The summed E-state index contributed by atoms with van der Waals surface area (Å²) in [6.45, 7) is 6.01. The van der Waals surface area contributed by atoms with Crippen LogP contribution in [0.15, 0.2) is 42.5 Å². The van der Waals surface area contributed by atoms with Crippen molar-refractivity contribution in [1.82, 2.24) is 15.0 Å². The van der Waals surface area contributed by atoms with E-state index < -0.39 is 5.97 Å². The third-order valence-electron chi connectivity index (χ3n) is 4.08. The van der Waals surface area contributed by atoms with Gasteiger partial charge >= 0.3 is 5.97 Å². The van der Waals surface area contributed by atoms with Crippen LogP contribution in [0.25, 0.3) is 5.69 Å². The zero-order chi connectivity index (χ0) is 18.0. The van der Waals surface area contributed by atoms with E-state index in [9.17, 15) is 4.79 Å². The summed E-state index contributed by atoms with van der Waals surface area (Å²) in [6, 6.07) is 13.2. The van der Waals surface area contributed by atoms with E-state index in [1.165, 1.54) is 5.56 Å². The second-order valence-corrected chi connectivity index (χ2v) is 6.35. The first-order valence-corrected chi connectivity index (χ1v) is 8.25. The predicted octanol–water partition coefficient (Wildman–Crippen LogP) is 4.20. The van der Waals surface area contributed by atoms with Crippen molar-refractivity contribution in [2.24, 2.45) is 0 Å². The Morgan fingerprint density at radius 3 is 2.64 bits per heavy atom. The van der Waals surface area contributed by atoms with Gasteiger partial charge in [0.1, 0.15) is 6.61 Å². The van der Waals surface area contributed by atoms with Crippen molar-refractivity contribution >= 4 is 17.6 Å². The molecule has 0 spiro atoms. The number of aryl methyl sites for hydroxylation is 2. The Labute approximate surface area is 151 Å². The molecule has 1 heterocycles. The lowest BCUT2D eigenvalue weighted by atomic mass is 10.1. The second-order valence-electron chi connectivity index (χ2n) is 5.91. The standard InChI is InChI=1S/C19H18ClN3O2/c1-12-7-8-17(9-13(12)2)23-14(3)18(21-22-23)19(24)25-11-15-5-4-6-16(20)10-15/h4-10H,11H2,1-3H3. The van der Waals surface area contributed by atoms with Crippen LogP contribution in [0.4, 0.5) is 0 Å². The van der Waals surface area contributed by atoms with Gasteiger partial charge in [-0.1, -0.05) is 35.0 Å². The summed E-state index contributed by atoms with van der Waals surface area (Å²) in [5.41, 5.74) is 4.88. The molecule has 0 fully saturated rings. The number of ether oxygens (including phenoxy) is 1. The average Bonchev–Trinajstić information content (AvgIpc) is 2.97. The molecule has 3 rings (SSSR count). The molecule has 0 aliphatic carbocycles. The molecule has 0 aliphatic rings. The van der Waals surface area contributed by atoms with Gasteiger partial charge in [-0.05, 0) is 61.7 Å². The molecule has 5 nitrogen and oxygen atoms in total. The molecule has 0 atom stereocenters. The summed E-state index contributed by atoms with van der Waals surface area (Å²) < 4.78 is 6.97. The fourth-order valence-corrected chi connectivity index (χ4v) is 2.68. The van der Waals surface area contributed by atoms with E-state index in [1.807, 2.05) is 44.2 Å². The van der Waals surface area contributed by atoms with Gasteiger partial charge in [0.15, 0.2) is 5.69 Å². The van der Waals surface area contributed by atoms with E-state index in [1.54, 1.807) is 23.7 Å². The molecule has 25 heavy (non-hydrogen) atoms. The number of carbonyl (C=O) groups excluding carboxylic acids is 1. The SMILES string of the molecule is Cc1ccc(-n2nnc(C(=O)OCc3cccc(Cl)c3)c2C)cc1C. The van der Waals surface area contributed by atoms with Gasteiger partial charge in [0.2, 0.25) is 0 Å². The largest absolute Gasteiger partial charge is 0.456 e. The van der Waals surface area contributed by atoms with Gasteiger partial charge in [-0.3, -0.25) is 0 Å². The van der Waals surface area contributed by atoms with Crippen molar-refractivity contribution in [3.05, 3.63) is 75.6 Å². The molecule has 0 radical (unpaired) electrons. The molecular weight excluding hydrogens is 338 g/mol. The number of esters is 1. The van der Waals surface area contributed by atoms with E-state index in [4.69, 9.17) is 16.3 Å². The lowest BCUT2D eigenvalue weighted by Gasteiger charge is -2.07. The fourth-order valence-electron chi connectivity index (χ4n) is 2.46. The van der Waals surface area contributed by atoms with Crippen molar-refractivity contribution in [3.8, 4) is 5.69 Å². The molecule has 0 bridgehead atoms. The van der Waals surface area contributed by atoms with Crippen LogP contribution in [0.3, 0.4) is 0 Å². The molecule has 0 aliphatic heterocycles. The van der Waals surface area contributed by atoms with Crippen LogP contribution in [0.5, 0.6) is 0 Å². The first-order chi connectivity index (χ1) is 12.0. The monoisotopic (exact) mass is 355 g/mol. The van der Waals surface area contributed by atoms with E-state index in [0.29, 0.717) is 10.7 Å². The fraction of sp³-hybridized carbons (Fsp3) is 0.211. The highest BCUT2D eigenvalue weighted by molar-refractivity contribution is 6.30. The Kier molecular flexibility index (Phi) is 4.86. The number of benzene rings is 2. The normalized spacial score (nSPS) is 10.7. The number of hydrogen-bond donors (Lipinski definition) is 0. The van der Waals surface area contributed by atoms with Crippen molar-refractivity contribution in [1.29, 1.82) is 0 Å². The Hall–Kier alpha value is -2.66. The van der Waals surface area contributed by atoms with Crippen LogP contribution in [0, 0.1) is 20.8 Å². The minimum atomic E-state index is -0.507. The Morgan fingerprint density at radius 1 is 1.12 bits per heavy atom. The molecule has 2 aromatic carbocycles. The van der Waals surface area contributed by atoms with Crippen molar-refractivity contribution < 1.29 is 9.53 Å². The predicted molar refractivity (Wildman–Crippen MR) is 96.1 cm³/mol. The number of nitrogens with zero attached hydrogens (tertiary/aromatic N) is 3. The van der Waals surface area contributed by atoms with Crippen LogP contribution in [-0.2, 0) is 11.3 Å². The number of aromatic nitrogens is 3. The average molecular weight is 356 g/mol. The topological polar surface area (TPSA) is 57.0 Å². The molecule has 0 N–H and O–H groups in total. The molecule has 0 amide bonds. The minimum absolute atomic E-state index is 0.134. The number of rotatable bonds is 4. The van der Waals surface area contributed by atoms with E-state index in [-0.39, 0.29) is 12.3 Å². The summed E-state index contributed by atoms with van der Waals surface area (Å²) in [5, 5.41) is 8.68. The zero-order valence-corrected chi connectivity index (χ0v) is 15.0. The molecule has 128 valence electrons. The second kappa shape index (κ2) is 7.07. The quantitative estimate of drug-likeness (QED) is 0.658. The highest BCUT2D eigenvalue weighted by Crippen LogP contribution is 2.17. The summed E-state index contributed by atoms with van der Waals surface area (Å²) in [5.74, 6) is -0.507.